The molecule has 2 aromatic carbocycles. The Balaban J connectivity index is 1.35. The number of esters is 1. The molecule has 1 aliphatic rings. The molecule has 2 atom stereocenters. The molecule has 1 heterocycles. The summed E-state index contributed by atoms with van der Waals surface area (Å²) in [6.45, 7) is 5.30. The molecule has 37 heavy (non-hydrogen) atoms. The van der Waals surface area contributed by atoms with Gasteiger partial charge in [-0.25, -0.2) is 4.79 Å². The molecule has 2 amide bonds. The van der Waals surface area contributed by atoms with E-state index in [0.29, 0.717) is 16.5 Å². The van der Waals surface area contributed by atoms with Crippen LogP contribution in [0.4, 0.5) is 5.00 Å². The molecule has 2 N–H and O–H groups in total. The smallest absolute Gasteiger partial charge is 0.329 e. The van der Waals surface area contributed by atoms with E-state index in [9.17, 15) is 19.6 Å². The Morgan fingerprint density at radius 2 is 1.89 bits per heavy atom. The molecule has 0 bridgehead atoms. The van der Waals surface area contributed by atoms with Gasteiger partial charge in [-0.05, 0) is 53.0 Å². The van der Waals surface area contributed by atoms with Gasteiger partial charge in [-0.1, -0.05) is 63.2 Å². The number of benzene rings is 2. The summed E-state index contributed by atoms with van der Waals surface area (Å²) in [7, 11) is 0. The minimum absolute atomic E-state index is 0.122. The van der Waals surface area contributed by atoms with E-state index >= 15 is 0 Å². The number of nitrogens with one attached hydrogen (secondary N) is 2. The van der Waals surface area contributed by atoms with E-state index in [1.165, 1.54) is 11.3 Å². The van der Waals surface area contributed by atoms with Crippen LogP contribution >= 0.6 is 11.3 Å². The zero-order chi connectivity index (χ0) is 26.5. The van der Waals surface area contributed by atoms with Crippen LogP contribution in [0.25, 0.3) is 10.8 Å². The molecule has 4 rings (SSSR count). The number of rotatable bonds is 8. The van der Waals surface area contributed by atoms with Gasteiger partial charge in [0, 0.05) is 4.88 Å². The van der Waals surface area contributed by atoms with Crippen LogP contribution in [0.3, 0.4) is 0 Å². The molecule has 1 aliphatic carbocycles. The fourth-order valence-corrected chi connectivity index (χ4v) is 6.07. The fourth-order valence-electron chi connectivity index (χ4n) is 4.69. The molecule has 0 saturated heterocycles. The van der Waals surface area contributed by atoms with Gasteiger partial charge in [0.05, 0.1) is 12.0 Å². The summed E-state index contributed by atoms with van der Waals surface area (Å²) in [4.78, 5) is 39.3. The van der Waals surface area contributed by atoms with Gasteiger partial charge in [-0.3, -0.25) is 9.59 Å². The summed E-state index contributed by atoms with van der Waals surface area (Å²) < 4.78 is 5.27. The maximum absolute atomic E-state index is 12.8. The topological polar surface area (TPSA) is 108 Å². The van der Waals surface area contributed by atoms with Gasteiger partial charge < -0.3 is 15.4 Å². The van der Waals surface area contributed by atoms with Gasteiger partial charge in [0.2, 0.25) is 5.91 Å². The molecule has 0 fully saturated rings. The van der Waals surface area contributed by atoms with Crippen molar-refractivity contribution >= 4 is 44.9 Å². The van der Waals surface area contributed by atoms with Crippen molar-refractivity contribution in [1.82, 2.24) is 5.32 Å². The van der Waals surface area contributed by atoms with Crippen molar-refractivity contribution in [2.24, 2.45) is 11.8 Å². The molecular weight excluding hydrogens is 486 g/mol. The van der Waals surface area contributed by atoms with Crippen LogP contribution in [0.15, 0.2) is 42.5 Å². The molecule has 192 valence electrons. The summed E-state index contributed by atoms with van der Waals surface area (Å²) in [6, 6.07) is 14.9. The van der Waals surface area contributed by atoms with Crippen LogP contribution in [0.5, 0.6) is 0 Å². The van der Waals surface area contributed by atoms with Crippen molar-refractivity contribution in [3.8, 4) is 6.07 Å². The zero-order valence-electron chi connectivity index (χ0n) is 21.3. The largest absolute Gasteiger partial charge is 0.454 e. The van der Waals surface area contributed by atoms with Gasteiger partial charge in [0.1, 0.15) is 17.1 Å². The average molecular weight is 518 g/mol. The number of nitrogens with zero attached hydrogens (tertiary/aromatic N) is 1. The molecular formula is C29H31N3O4S. The number of amides is 2. The van der Waals surface area contributed by atoms with Gasteiger partial charge in [-0.2, -0.15) is 5.26 Å². The monoisotopic (exact) mass is 517 g/mol. The SMILES string of the molecule is CC(C)[C@H](NC(=O)Cc1cccc2ccccc12)C(=O)OCC(=O)Nc1sc2c(c1C#N)CC[C@H](C)C2. The number of hydrogen-bond donors (Lipinski definition) is 2. The fraction of sp³-hybridized carbons (Fsp3) is 0.379. The molecule has 8 heteroatoms. The number of fused-ring (bicyclic) bond motifs is 2. The first-order chi connectivity index (χ1) is 17.8. The Labute approximate surface area is 220 Å². The first-order valence-electron chi connectivity index (χ1n) is 12.5. The van der Waals surface area contributed by atoms with E-state index in [-0.39, 0.29) is 18.2 Å². The van der Waals surface area contributed by atoms with Gasteiger partial charge in [-0.15, -0.1) is 11.3 Å². The van der Waals surface area contributed by atoms with Crippen molar-refractivity contribution in [3.05, 3.63) is 64.0 Å². The summed E-state index contributed by atoms with van der Waals surface area (Å²) in [5, 5.41) is 17.7. The van der Waals surface area contributed by atoms with E-state index in [1.807, 2.05) is 42.5 Å². The second-order valence-corrected chi connectivity index (χ2v) is 11.0. The number of nitriles is 1. The normalized spacial score (nSPS) is 15.5. The number of carbonyl (C=O) groups is 3. The minimum Gasteiger partial charge on any atom is -0.454 e. The van der Waals surface area contributed by atoms with Crippen LogP contribution in [0.1, 0.15) is 48.8 Å². The average Bonchev–Trinajstić information content (AvgIpc) is 3.21. The summed E-state index contributed by atoms with van der Waals surface area (Å²) >= 11 is 1.42. The first-order valence-corrected chi connectivity index (χ1v) is 13.4. The highest BCUT2D eigenvalue weighted by atomic mass is 32.1. The number of thiophene rings is 1. The van der Waals surface area contributed by atoms with Crippen molar-refractivity contribution in [3.63, 3.8) is 0 Å². The quantitative estimate of drug-likeness (QED) is 0.419. The molecule has 0 spiro atoms. The third-order valence-electron chi connectivity index (χ3n) is 6.69. The number of ether oxygens (including phenoxy) is 1. The number of anilines is 1. The molecule has 0 saturated carbocycles. The molecule has 1 aromatic heterocycles. The molecule has 0 unspecified atom stereocenters. The molecule has 0 radical (unpaired) electrons. The highest BCUT2D eigenvalue weighted by Gasteiger charge is 2.28. The van der Waals surface area contributed by atoms with Crippen molar-refractivity contribution in [1.29, 1.82) is 5.26 Å². The lowest BCUT2D eigenvalue weighted by molar-refractivity contribution is -0.151. The van der Waals surface area contributed by atoms with E-state index in [0.717, 1.165) is 46.0 Å². The van der Waals surface area contributed by atoms with Crippen LogP contribution in [-0.4, -0.2) is 30.4 Å². The standard InChI is InChI=1S/C29H31N3O4S/c1-17(2)27(31-25(33)14-20-9-6-8-19-7-4-5-10-21(19)20)29(35)36-16-26(34)32-28-23(15-30)22-12-11-18(3)13-24(22)37-28/h4-10,17-18,27H,11-14,16H2,1-3H3,(H,31,33)(H,32,34)/t18-,27-/m0/s1. The zero-order valence-corrected chi connectivity index (χ0v) is 22.1. The lowest BCUT2D eigenvalue weighted by atomic mass is 9.89. The summed E-state index contributed by atoms with van der Waals surface area (Å²) in [5.74, 6) is -1.17. The molecule has 0 aliphatic heterocycles. The van der Waals surface area contributed by atoms with Gasteiger partial charge in [0.15, 0.2) is 6.61 Å². The van der Waals surface area contributed by atoms with E-state index < -0.39 is 24.5 Å². The molecule has 7 nitrogen and oxygen atoms in total. The second kappa shape index (κ2) is 11.6. The van der Waals surface area contributed by atoms with E-state index in [2.05, 4.69) is 23.6 Å². The van der Waals surface area contributed by atoms with Crippen molar-refractivity contribution in [2.75, 3.05) is 11.9 Å². The van der Waals surface area contributed by atoms with Crippen molar-refractivity contribution in [2.45, 2.75) is 52.5 Å². The Kier molecular flexibility index (Phi) is 8.24. The van der Waals surface area contributed by atoms with E-state index in [1.54, 1.807) is 13.8 Å². The van der Waals surface area contributed by atoms with Crippen molar-refractivity contribution < 1.29 is 19.1 Å². The lowest BCUT2D eigenvalue weighted by Gasteiger charge is -2.21. The number of hydrogen-bond acceptors (Lipinski definition) is 6. The van der Waals surface area contributed by atoms with Crippen LogP contribution < -0.4 is 10.6 Å². The Morgan fingerprint density at radius 1 is 1.14 bits per heavy atom. The maximum atomic E-state index is 12.8. The summed E-state index contributed by atoms with van der Waals surface area (Å²) in [5.41, 5.74) is 2.39. The third-order valence-corrected chi connectivity index (χ3v) is 7.86. The predicted octanol–water partition coefficient (Wildman–Crippen LogP) is 4.76. The van der Waals surface area contributed by atoms with Gasteiger partial charge in [0.25, 0.3) is 5.91 Å². The van der Waals surface area contributed by atoms with Crippen LogP contribution in [0.2, 0.25) is 0 Å². The highest BCUT2D eigenvalue weighted by Crippen LogP contribution is 2.39. The summed E-state index contributed by atoms with van der Waals surface area (Å²) in [6.07, 6.45) is 2.87. The highest BCUT2D eigenvalue weighted by molar-refractivity contribution is 7.16. The second-order valence-electron chi connectivity index (χ2n) is 9.93. The third kappa shape index (κ3) is 6.17. The number of carbonyl (C=O) groups excluding carboxylic acids is 3. The Morgan fingerprint density at radius 3 is 2.65 bits per heavy atom. The lowest BCUT2D eigenvalue weighted by Crippen LogP contribution is -2.46. The van der Waals surface area contributed by atoms with Gasteiger partial charge >= 0.3 is 5.97 Å². The Hall–Kier alpha value is -3.70. The van der Waals surface area contributed by atoms with Crippen LogP contribution in [0, 0.1) is 23.2 Å². The van der Waals surface area contributed by atoms with Crippen LogP contribution in [-0.2, 0) is 38.4 Å². The Bertz CT molecular complexity index is 1370. The molecule has 3 aromatic rings. The van der Waals surface area contributed by atoms with E-state index in [4.69, 9.17) is 4.74 Å². The maximum Gasteiger partial charge on any atom is 0.329 e. The first kappa shape index (κ1) is 26.4. The predicted molar refractivity (Wildman–Crippen MR) is 144 cm³/mol. The minimum atomic E-state index is -0.888.